The van der Waals surface area contributed by atoms with E-state index in [-0.39, 0.29) is 6.54 Å². The van der Waals surface area contributed by atoms with Crippen molar-refractivity contribution in [2.75, 3.05) is 6.54 Å². The molecule has 0 saturated carbocycles. The van der Waals surface area contributed by atoms with E-state index in [1.807, 2.05) is 0 Å². The minimum absolute atomic E-state index is 0.203. The zero-order chi connectivity index (χ0) is 10.4. The van der Waals surface area contributed by atoms with Crippen LogP contribution in [-0.2, 0) is 0 Å². The van der Waals surface area contributed by atoms with Crippen molar-refractivity contribution in [2.45, 2.75) is 0 Å². The normalized spacial score (nSPS) is 8.86. The zero-order valence-corrected chi connectivity index (χ0v) is 7.38. The molecular formula is C10H9NO3. The average molecular weight is 191 g/mol. The van der Waals surface area contributed by atoms with Crippen molar-refractivity contribution in [1.82, 2.24) is 5.06 Å². The van der Waals surface area contributed by atoms with Crippen molar-refractivity contribution >= 4 is 6.09 Å². The summed E-state index contributed by atoms with van der Waals surface area (Å²) in [6.45, 7) is -0.203. The fourth-order valence-electron chi connectivity index (χ4n) is 0.793. The fourth-order valence-corrected chi connectivity index (χ4v) is 0.793. The van der Waals surface area contributed by atoms with Crippen molar-refractivity contribution < 1.29 is 14.7 Å². The Morgan fingerprint density at radius 1 is 1.50 bits per heavy atom. The first-order valence-electron chi connectivity index (χ1n) is 3.91. The highest BCUT2D eigenvalue weighted by molar-refractivity contribution is 5.69. The summed E-state index contributed by atoms with van der Waals surface area (Å²) >= 11 is 0. The van der Waals surface area contributed by atoms with Crippen LogP contribution in [0.2, 0.25) is 0 Å². The molecule has 0 unspecified atom stereocenters. The molecule has 0 bridgehead atoms. The van der Waals surface area contributed by atoms with E-state index >= 15 is 0 Å². The molecule has 0 atom stereocenters. The first-order valence-corrected chi connectivity index (χ1v) is 3.91. The largest absolute Gasteiger partial charge is 0.440 e. The number of nitrogens with zero attached hydrogens (tertiary/aromatic N) is 1. The van der Waals surface area contributed by atoms with Gasteiger partial charge < -0.3 is 4.74 Å². The van der Waals surface area contributed by atoms with Crippen LogP contribution >= 0.6 is 0 Å². The number of hydroxylamine groups is 2. The van der Waals surface area contributed by atoms with Gasteiger partial charge in [-0.3, -0.25) is 5.21 Å². The Kier molecular flexibility index (Phi) is 3.53. The van der Waals surface area contributed by atoms with Gasteiger partial charge in [0.15, 0.2) is 0 Å². The van der Waals surface area contributed by atoms with E-state index in [4.69, 9.17) is 16.4 Å². The molecule has 0 fully saturated rings. The highest BCUT2D eigenvalue weighted by Gasteiger charge is 2.11. The summed E-state index contributed by atoms with van der Waals surface area (Å²) in [7, 11) is 0. The molecule has 0 spiro atoms. The second-order valence-electron chi connectivity index (χ2n) is 2.44. The molecule has 0 aliphatic heterocycles. The van der Waals surface area contributed by atoms with Crippen LogP contribution in [0, 0.1) is 12.3 Å². The van der Waals surface area contributed by atoms with Crippen LogP contribution in [0.25, 0.3) is 0 Å². The Morgan fingerprint density at radius 2 is 2.14 bits per heavy atom. The van der Waals surface area contributed by atoms with Gasteiger partial charge in [-0.15, -0.1) is 6.42 Å². The van der Waals surface area contributed by atoms with Gasteiger partial charge in [-0.05, 0) is 12.1 Å². The van der Waals surface area contributed by atoms with Crippen molar-refractivity contribution in [2.24, 2.45) is 0 Å². The van der Waals surface area contributed by atoms with Crippen molar-refractivity contribution in [1.29, 1.82) is 0 Å². The monoisotopic (exact) mass is 191 g/mol. The number of amides is 1. The smallest absolute Gasteiger partial charge is 0.409 e. The lowest BCUT2D eigenvalue weighted by atomic mass is 10.3. The van der Waals surface area contributed by atoms with Crippen LogP contribution in [0.5, 0.6) is 5.75 Å². The van der Waals surface area contributed by atoms with Gasteiger partial charge in [-0.25, -0.2) is 4.79 Å². The predicted octanol–water partition coefficient (Wildman–Crippen LogP) is 1.51. The quantitative estimate of drug-likeness (QED) is 0.438. The Morgan fingerprint density at radius 3 is 2.71 bits per heavy atom. The molecule has 1 rings (SSSR count). The van der Waals surface area contributed by atoms with Gasteiger partial charge in [0.1, 0.15) is 12.3 Å². The van der Waals surface area contributed by atoms with Crippen LogP contribution in [0.3, 0.4) is 0 Å². The van der Waals surface area contributed by atoms with Gasteiger partial charge in [0.05, 0.1) is 0 Å². The lowest BCUT2D eigenvalue weighted by molar-refractivity contribution is -0.0489. The third-order valence-corrected chi connectivity index (χ3v) is 1.40. The third kappa shape index (κ3) is 2.81. The number of carbonyl (C=O) groups is 1. The zero-order valence-electron chi connectivity index (χ0n) is 7.38. The van der Waals surface area contributed by atoms with E-state index in [2.05, 4.69) is 5.92 Å². The summed E-state index contributed by atoms with van der Waals surface area (Å²) in [5.74, 6) is 2.46. The highest BCUT2D eigenvalue weighted by Crippen LogP contribution is 2.09. The van der Waals surface area contributed by atoms with E-state index in [1.54, 1.807) is 30.3 Å². The lowest BCUT2D eigenvalue weighted by Gasteiger charge is -2.11. The summed E-state index contributed by atoms with van der Waals surface area (Å²) in [6, 6.07) is 8.41. The fraction of sp³-hybridized carbons (Fsp3) is 0.100. The van der Waals surface area contributed by atoms with Gasteiger partial charge in [-0.1, -0.05) is 24.1 Å². The molecule has 4 heteroatoms. The lowest BCUT2D eigenvalue weighted by Crippen LogP contribution is -2.30. The summed E-state index contributed by atoms with van der Waals surface area (Å²) in [5.41, 5.74) is 0. The van der Waals surface area contributed by atoms with E-state index in [0.29, 0.717) is 10.8 Å². The molecule has 1 aromatic rings. The molecule has 0 aromatic heterocycles. The molecule has 4 nitrogen and oxygen atoms in total. The second-order valence-corrected chi connectivity index (χ2v) is 2.44. The van der Waals surface area contributed by atoms with Gasteiger partial charge in [-0.2, -0.15) is 5.06 Å². The number of hydrogen-bond acceptors (Lipinski definition) is 3. The molecule has 0 radical (unpaired) electrons. The number of para-hydroxylation sites is 1. The number of benzene rings is 1. The number of hydrogen-bond donors (Lipinski definition) is 1. The molecule has 1 aromatic carbocycles. The SMILES string of the molecule is C#CCN(O)C(=O)Oc1ccccc1. The van der Waals surface area contributed by atoms with Crippen molar-refractivity contribution in [3.63, 3.8) is 0 Å². The Bertz CT molecular complexity index is 342. The van der Waals surface area contributed by atoms with Gasteiger partial charge in [0.25, 0.3) is 0 Å². The first-order chi connectivity index (χ1) is 6.74. The summed E-state index contributed by atoms with van der Waals surface area (Å²) in [5, 5.41) is 9.32. The Balaban J connectivity index is 2.54. The number of ether oxygens (including phenoxy) is 1. The minimum Gasteiger partial charge on any atom is -0.409 e. The van der Waals surface area contributed by atoms with Crippen LogP contribution < -0.4 is 4.74 Å². The molecule has 1 amide bonds. The summed E-state index contributed by atoms with van der Waals surface area (Å²) in [6.07, 6.45) is 4.01. The van der Waals surface area contributed by atoms with E-state index in [0.717, 1.165) is 0 Å². The van der Waals surface area contributed by atoms with Gasteiger partial charge in [0.2, 0.25) is 0 Å². The summed E-state index contributed by atoms with van der Waals surface area (Å²) < 4.78 is 4.77. The highest BCUT2D eigenvalue weighted by atomic mass is 16.6. The van der Waals surface area contributed by atoms with E-state index in [1.165, 1.54) is 0 Å². The van der Waals surface area contributed by atoms with Crippen molar-refractivity contribution in [3.05, 3.63) is 30.3 Å². The topological polar surface area (TPSA) is 49.8 Å². The first kappa shape index (κ1) is 10.1. The predicted molar refractivity (Wildman–Crippen MR) is 49.8 cm³/mol. The number of terminal acetylenes is 1. The minimum atomic E-state index is -0.894. The molecule has 0 aliphatic rings. The molecule has 0 aliphatic carbocycles. The maximum absolute atomic E-state index is 11.1. The third-order valence-electron chi connectivity index (χ3n) is 1.40. The van der Waals surface area contributed by atoms with Crippen molar-refractivity contribution in [3.8, 4) is 18.1 Å². The Hall–Kier alpha value is -1.99. The van der Waals surface area contributed by atoms with E-state index < -0.39 is 6.09 Å². The molecule has 0 heterocycles. The van der Waals surface area contributed by atoms with Gasteiger partial charge >= 0.3 is 6.09 Å². The maximum atomic E-state index is 11.1. The van der Waals surface area contributed by atoms with E-state index in [9.17, 15) is 4.79 Å². The number of carbonyl (C=O) groups excluding carboxylic acids is 1. The second kappa shape index (κ2) is 4.90. The Labute approximate surface area is 81.7 Å². The summed E-state index contributed by atoms with van der Waals surface area (Å²) in [4.78, 5) is 11.1. The van der Waals surface area contributed by atoms with Crippen LogP contribution in [-0.4, -0.2) is 22.9 Å². The van der Waals surface area contributed by atoms with Gasteiger partial charge in [0, 0.05) is 0 Å². The molecule has 14 heavy (non-hydrogen) atoms. The number of rotatable bonds is 2. The maximum Gasteiger partial charge on any atom is 0.440 e. The molecule has 1 N–H and O–H groups in total. The van der Waals surface area contributed by atoms with Crippen LogP contribution in [0.15, 0.2) is 30.3 Å². The van der Waals surface area contributed by atoms with Crippen LogP contribution in [0.4, 0.5) is 4.79 Å². The standard InChI is InChI=1S/C10H9NO3/c1-2-8-11(13)10(12)14-9-6-4-3-5-7-9/h1,3-7,13H,8H2. The van der Waals surface area contributed by atoms with Crippen LogP contribution in [0.1, 0.15) is 0 Å². The molecule has 72 valence electrons. The molecular weight excluding hydrogens is 182 g/mol. The average Bonchev–Trinajstić information content (AvgIpc) is 2.19. The molecule has 0 saturated heterocycles.